The van der Waals surface area contributed by atoms with E-state index in [4.69, 9.17) is 9.47 Å². The second kappa shape index (κ2) is 10.8. The average Bonchev–Trinajstić information content (AvgIpc) is 2.75. The number of aliphatic hydroxyl groups excluding tert-OH is 1. The average molecular weight is 417 g/mol. The number of hydrogen-bond donors (Lipinski definition) is 2. The molecule has 0 radical (unpaired) electrons. The van der Waals surface area contributed by atoms with Crippen molar-refractivity contribution in [1.29, 1.82) is 0 Å². The van der Waals surface area contributed by atoms with Gasteiger partial charge in [0.15, 0.2) is 0 Å². The van der Waals surface area contributed by atoms with Gasteiger partial charge in [0.2, 0.25) is 0 Å². The van der Waals surface area contributed by atoms with Gasteiger partial charge in [-0.25, -0.2) is 9.18 Å². The summed E-state index contributed by atoms with van der Waals surface area (Å²) in [7, 11) is 0. The summed E-state index contributed by atoms with van der Waals surface area (Å²) < 4.78 is 23.5. The van der Waals surface area contributed by atoms with Crippen LogP contribution in [0.1, 0.15) is 6.92 Å². The summed E-state index contributed by atoms with van der Waals surface area (Å²) in [5.74, 6) is 0.485. The van der Waals surface area contributed by atoms with E-state index in [1.165, 1.54) is 12.1 Å². The molecular formula is C22H28FN3O4. The van der Waals surface area contributed by atoms with Gasteiger partial charge in [-0.1, -0.05) is 0 Å². The molecule has 1 heterocycles. The molecular weight excluding hydrogens is 389 g/mol. The number of ether oxygens (including phenoxy) is 2. The highest BCUT2D eigenvalue weighted by molar-refractivity contribution is 5.84. The van der Waals surface area contributed by atoms with Gasteiger partial charge in [0, 0.05) is 44.1 Å². The first-order valence-electron chi connectivity index (χ1n) is 10.1. The first-order valence-corrected chi connectivity index (χ1v) is 10.1. The fourth-order valence-electron chi connectivity index (χ4n) is 3.32. The molecule has 2 aromatic carbocycles. The zero-order chi connectivity index (χ0) is 21.3. The fraction of sp³-hybridized carbons (Fsp3) is 0.409. The third-order valence-electron chi connectivity index (χ3n) is 4.85. The van der Waals surface area contributed by atoms with Crippen LogP contribution in [0.3, 0.4) is 0 Å². The lowest BCUT2D eigenvalue weighted by Gasteiger charge is -2.36. The Balaban J connectivity index is 1.35. The molecule has 0 saturated carbocycles. The van der Waals surface area contributed by atoms with Crippen LogP contribution in [-0.2, 0) is 4.74 Å². The number of halogens is 1. The maximum Gasteiger partial charge on any atom is 0.411 e. The summed E-state index contributed by atoms with van der Waals surface area (Å²) in [6, 6.07) is 13.4. The second-order valence-corrected chi connectivity index (χ2v) is 7.10. The van der Waals surface area contributed by atoms with Gasteiger partial charge in [-0.15, -0.1) is 0 Å². The van der Waals surface area contributed by atoms with Crippen LogP contribution in [0, 0.1) is 5.82 Å². The number of nitrogens with one attached hydrogen (secondary N) is 1. The minimum absolute atomic E-state index is 0.0823. The SMILES string of the molecule is CCOc1ccc(NC(=O)OCC(O)CN2CCN(c3ccc(F)cc3)CC2)cc1. The van der Waals surface area contributed by atoms with Crippen LogP contribution in [0.25, 0.3) is 0 Å². The largest absolute Gasteiger partial charge is 0.494 e. The Bertz CT molecular complexity index is 793. The van der Waals surface area contributed by atoms with Gasteiger partial charge in [-0.3, -0.25) is 10.2 Å². The zero-order valence-corrected chi connectivity index (χ0v) is 17.1. The molecule has 1 atom stereocenters. The van der Waals surface area contributed by atoms with Crippen LogP contribution in [0.4, 0.5) is 20.6 Å². The molecule has 7 nitrogen and oxygen atoms in total. The first-order chi connectivity index (χ1) is 14.5. The summed E-state index contributed by atoms with van der Waals surface area (Å²) in [5.41, 5.74) is 1.58. The first kappa shape index (κ1) is 21.9. The number of nitrogens with zero attached hydrogens (tertiary/aromatic N) is 2. The van der Waals surface area contributed by atoms with Gasteiger partial charge in [-0.2, -0.15) is 0 Å². The Labute approximate surface area is 176 Å². The molecule has 1 amide bonds. The molecule has 30 heavy (non-hydrogen) atoms. The summed E-state index contributed by atoms with van der Waals surface area (Å²) >= 11 is 0. The molecule has 0 bridgehead atoms. The van der Waals surface area contributed by atoms with Gasteiger partial charge in [-0.05, 0) is 55.5 Å². The third-order valence-corrected chi connectivity index (χ3v) is 4.85. The van der Waals surface area contributed by atoms with Gasteiger partial charge in [0.25, 0.3) is 0 Å². The maximum absolute atomic E-state index is 13.1. The number of piperazine rings is 1. The summed E-state index contributed by atoms with van der Waals surface area (Å²) in [6.07, 6.45) is -1.38. The van der Waals surface area contributed by atoms with E-state index in [9.17, 15) is 14.3 Å². The Morgan fingerprint density at radius 3 is 2.40 bits per heavy atom. The molecule has 1 unspecified atom stereocenters. The van der Waals surface area contributed by atoms with E-state index in [2.05, 4.69) is 15.1 Å². The number of rotatable bonds is 8. The summed E-state index contributed by atoms with van der Waals surface area (Å²) in [6.45, 7) is 5.94. The predicted molar refractivity (Wildman–Crippen MR) is 114 cm³/mol. The molecule has 1 aliphatic rings. The number of anilines is 2. The fourth-order valence-corrected chi connectivity index (χ4v) is 3.32. The summed E-state index contributed by atoms with van der Waals surface area (Å²) in [4.78, 5) is 16.2. The monoisotopic (exact) mass is 417 g/mol. The van der Waals surface area contributed by atoms with E-state index in [1.54, 1.807) is 36.4 Å². The Morgan fingerprint density at radius 2 is 1.77 bits per heavy atom. The van der Waals surface area contributed by atoms with Gasteiger partial charge < -0.3 is 19.5 Å². The van der Waals surface area contributed by atoms with Crippen molar-refractivity contribution in [3.8, 4) is 5.75 Å². The Kier molecular flexibility index (Phi) is 7.87. The quantitative estimate of drug-likeness (QED) is 0.688. The lowest BCUT2D eigenvalue weighted by atomic mass is 10.2. The minimum atomic E-state index is -0.770. The maximum atomic E-state index is 13.1. The van der Waals surface area contributed by atoms with Crippen molar-refractivity contribution in [3.05, 3.63) is 54.3 Å². The second-order valence-electron chi connectivity index (χ2n) is 7.10. The number of amides is 1. The van der Waals surface area contributed by atoms with Crippen molar-refractivity contribution >= 4 is 17.5 Å². The molecule has 2 N–H and O–H groups in total. The third kappa shape index (κ3) is 6.60. The number of carbonyl (C=O) groups is 1. The van der Waals surface area contributed by atoms with Crippen molar-refractivity contribution in [2.45, 2.75) is 13.0 Å². The molecule has 0 spiro atoms. The smallest absolute Gasteiger partial charge is 0.411 e. The number of benzene rings is 2. The van der Waals surface area contributed by atoms with E-state index >= 15 is 0 Å². The van der Waals surface area contributed by atoms with Gasteiger partial charge >= 0.3 is 6.09 Å². The van der Waals surface area contributed by atoms with Crippen molar-refractivity contribution in [2.75, 3.05) is 56.2 Å². The predicted octanol–water partition coefficient (Wildman–Crippen LogP) is 2.96. The standard InChI is InChI=1S/C22H28FN3O4/c1-2-29-21-9-5-18(6-10-21)24-22(28)30-16-20(27)15-25-11-13-26(14-12-25)19-7-3-17(23)4-8-19/h3-10,20,27H,2,11-16H2,1H3,(H,24,28). The summed E-state index contributed by atoms with van der Waals surface area (Å²) in [5, 5.41) is 12.8. The van der Waals surface area contributed by atoms with Gasteiger partial charge in [0.05, 0.1) is 6.61 Å². The molecule has 8 heteroatoms. The molecule has 0 aromatic heterocycles. The lowest BCUT2D eigenvalue weighted by molar-refractivity contribution is 0.0469. The molecule has 2 aromatic rings. The van der Waals surface area contributed by atoms with Gasteiger partial charge in [0.1, 0.15) is 24.3 Å². The Hall–Kier alpha value is -2.84. The van der Waals surface area contributed by atoms with E-state index in [-0.39, 0.29) is 12.4 Å². The van der Waals surface area contributed by atoms with Crippen molar-refractivity contribution in [3.63, 3.8) is 0 Å². The van der Waals surface area contributed by atoms with E-state index in [0.29, 0.717) is 18.8 Å². The van der Waals surface area contributed by atoms with E-state index in [0.717, 1.165) is 37.6 Å². The molecule has 162 valence electrons. The molecule has 0 aliphatic carbocycles. The minimum Gasteiger partial charge on any atom is -0.494 e. The van der Waals surface area contributed by atoms with Crippen molar-refractivity contribution < 1.29 is 23.8 Å². The van der Waals surface area contributed by atoms with Crippen LogP contribution in [0.5, 0.6) is 5.75 Å². The lowest BCUT2D eigenvalue weighted by Crippen LogP contribution is -2.49. The van der Waals surface area contributed by atoms with Crippen LogP contribution >= 0.6 is 0 Å². The highest BCUT2D eigenvalue weighted by Crippen LogP contribution is 2.17. The Morgan fingerprint density at radius 1 is 1.10 bits per heavy atom. The van der Waals surface area contributed by atoms with Crippen LogP contribution < -0.4 is 15.0 Å². The molecule has 3 rings (SSSR count). The number of β-amino-alcohol motifs (C(OH)–C–C–N with tert-alkyl or cyclic N) is 1. The van der Waals surface area contributed by atoms with E-state index in [1.807, 2.05) is 6.92 Å². The number of carbonyl (C=O) groups excluding carboxylic acids is 1. The van der Waals surface area contributed by atoms with Crippen molar-refractivity contribution in [2.24, 2.45) is 0 Å². The zero-order valence-electron chi connectivity index (χ0n) is 17.1. The van der Waals surface area contributed by atoms with Crippen LogP contribution in [0.2, 0.25) is 0 Å². The number of hydrogen-bond acceptors (Lipinski definition) is 6. The highest BCUT2D eigenvalue weighted by Gasteiger charge is 2.20. The van der Waals surface area contributed by atoms with Crippen LogP contribution in [0.15, 0.2) is 48.5 Å². The number of aliphatic hydroxyl groups is 1. The molecule has 1 aliphatic heterocycles. The molecule has 1 saturated heterocycles. The van der Waals surface area contributed by atoms with Crippen molar-refractivity contribution in [1.82, 2.24) is 4.90 Å². The molecule has 1 fully saturated rings. The topological polar surface area (TPSA) is 74.3 Å². The highest BCUT2D eigenvalue weighted by atomic mass is 19.1. The van der Waals surface area contributed by atoms with E-state index < -0.39 is 12.2 Å². The normalized spacial score (nSPS) is 15.5. The van der Waals surface area contributed by atoms with Crippen LogP contribution in [-0.4, -0.2) is 68.1 Å².